The Kier molecular flexibility index (Phi) is 6.98. The fourth-order valence-corrected chi connectivity index (χ4v) is 4.60. The van der Waals surface area contributed by atoms with E-state index in [1.807, 2.05) is 0 Å². The van der Waals surface area contributed by atoms with E-state index >= 15 is 0 Å². The molecule has 19 heavy (non-hydrogen) atoms. The summed E-state index contributed by atoms with van der Waals surface area (Å²) in [6.45, 7) is 0.380. The number of carboxylic acid groups (broad SMARTS) is 1. The summed E-state index contributed by atoms with van der Waals surface area (Å²) in [4.78, 5) is 10.3. The zero-order chi connectivity index (χ0) is 14.3. The standard InChI is InChI=1S/C11H16BrNO4S2/c12-9-6-7-11(18-9)19(16,17)13-8-4-2-1-3-5-10(14)15/h6-7,13H,1-5,8H2,(H,14,15). The number of hydrogen-bond acceptors (Lipinski definition) is 4. The molecule has 1 heterocycles. The highest BCUT2D eigenvalue weighted by Crippen LogP contribution is 2.25. The Hall–Kier alpha value is -0.440. The van der Waals surface area contributed by atoms with Gasteiger partial charge >= 0.3 is 5.97 Å². The summed E-state index contributed by atoms with van der Waals surface area (Å²) < 4.78 is 27.3. The molecule has 0 bridgehead atoms. The van der Waals surface area contributed by atoms with Gasteiger partial charge in [-0.3, -0.25) is 4.79 Å². The van der Waals surface area contributed by atoms with E-state index in [2.05, 4.69) is 20.7 Å². The second-order valence-electron chi connectivity index (χ2n) is 4.01. The molecule has 0 amide bonds. The molecular formula is C11H16BrNO4S2. The maximum Gasteiger partial charge on any atom is 0.303 e. The minimum absolute atomic E-state index is 0.176. The summed E-state index contributed by atoms with van der Waals surface area (Å²) in [6, 6.07) is 3.26. The van der Waals surface area contributed by atoms with Gasteiger partial charge in [0.1, 0.15) is 4.21 Å². The zero-order valence-corrected chi connectivity index (χ0v) is 13.5. The lowest BCUT2D eigenvalue weighted by Gasteiger charge is -2.04. The molecule has 108 valence electrons. The molecule has 0 fully saturated rings. The predicted octanol–water partition coefficient (Wildman–Crippen LogP) is 2.82. The van der Waals surface area contributed by atoms with Crippen molar-refractivity contribution in [3.8, 4) is 0 Å². The fourth-order valence-electron chi connectivity index (χ4n) is 1.47. The fraction of sp³-hybridized carbons (Fsp3) is 0.545. The summed E-state index contributed by atoms with van der Waals surface area (Å²) in [5, 5.41) is 8.46. The Morgan fingerprint density at radius 3 is 2.53 bits per heavy atom. The first-order valence-electron chi connectivity index (χ1n) is 5.88. The summed E-state index contributed by atoms with van der Waals surface area (Å²) in [5.74, 6) is -0.788. The van der Waals surface area contributed by atoms with Gasteiger partial charge in [-0.1, -0.05) is 12.8 Å². The third kappa shape index (κ3) is 6.51. The van der Waals surface area contributed by atoms with Gasteiger partial charge in [-0.15, -0.1) is 11.3 Å². The summed E-state index contributed by atoms with van der Waals surface area (Å²) >= 11 is 4.40. The lowest BCUT2D eigenvalue weighted by Crippen LogP contribution is -2.23. The van der Waals surface area contributed by atoms with Crippen LogP contribution in [0.4, 0.5) is 0 Å². The summed E-state index contributed by atoms with van der Waals surface area (Å²) in [6.07, 6.45) is 3.16. The van der Waals surface area contributed by atoms with E-state index in [0.29, 0.717) is 23.6 Å². The molecule has 0 aliphatic heterocycles. The van der Waals surface area contributed by atoms with Gasteiger partial charge < -0.3 is 5.11 Å². The Morgan fingerprint density at radius 2 is 1.95 bits per heavy atom. The van der Waals surface area contributed by atoms with Gasteiger partial charge in [0.05, 0.1) is 3.79 Å². The SMILES string of the molecule is O=C(O)CCCCCCNS(=O)(=O)c1ccc(Br)s1. The lowest BCUT2D eigenvalue weighted by atomic mass is 10.1. The van der Waals surface area contributed by atoms with Crippen LogP contribution in [-0.4, -0.2) is 26.0 Å². The molecule has 5 nitrogen and oxygen atoms in total. The second kappa shape index (κ2) is 7.98. The van der Waals surface area contributed by atoms with E-state index in [4.69, 9.17) is 5.11 Å². The van der Waals surface area contributed by atoms with Crippen LogP contribution < -0.4 is 4.72 Å². The predicted molar refractivity (Wildman–Crippen MR) is 77.9 cm³/mol. The monoisotopic (exact) mass is 369 g/mol. The van der Waals surface area contributed by atoms with Crippen molar-refractivity contribution >= 4 is 43.3 Å². The number of halogens is 1. The highest BCUT2D eigenvalue weighted by Gasteiger charge is 2.15. The number of sulfonamides is 1. The molecule has 2 N–H and O–H groups in total. The number of unbranched alkanes of at least 4 members (excludes halogenated alkanes) is 3. The molecule has 0 aromatic carbocycles. The van der Waals surface area contributed by atoms with Crippen LogP contribution in [-0.2, 0) is 14.8 Å². The first-order valence-corrected chi connectivity index (χ1v) is 8.98. The molecule has 0 atom stereocenters. The molecule has 1 aromatic heterocycles. The maximum absolute atomic E-state index is 11.8. The molecule has 0 saturated carbocycles. The summed E-state index contributed by atoms with van der Waals surface area (Å²) in [5.41, 5.74) is 0. The third-order valence-electron chi connectivity index (χ3n) is 2.42. The van der Waals surface area contributed by atoms with Crippen molar-refractivity contribution in [1.29, 1.82) is 0 Å². The number of aliphatic carboxylic acids is 1. The van der Waals surface area contributed by atoms with Crippen LogP contribution in [0, 0.1) is 0 Å². The maximum atomic E-state index is 11.8. The second-order valence-corrected chi connectivity index (χ2v) is 8.47. The molecule has 1 rings (SSSR count). The highest BCUT2D eigenvalue weighted by atomic mass is 79.9. The lowest BCUT2D eigenvalue weighted by molar-refractivity contribution is -0.137. The molecule has 0 aliphatic carbocycles. The van der Waals surface area contributed by atoms with Gasteiger partial charge in [-0.05, 0) is 40.9 Å². The minimum Gasteiger partial charge on any atom is -0.481 e. The molecule has 1 aromatic rings. The van der Waals surface area contributed by atoms with Crippen LogP contribution in [0.5, 0.6) is 0 Å². The van der Waals surface area contributed by atoms with Gasteiger partial charge in [0.25, 0.3) is 0 Å². The number of carboxylic acids is 1. The van der Waals surface area contributed by atoms with Crippen LogP contribution >= 0.6 is 27.3 Å². The third-order valence-corrected chi connectivity index (χ3v) is 6.00. The smallest absolute Gasteiger partial charge is 0.303 e. The molecule has 0 unspecified atom stereocenters. The average Bonchev–Trinajstić information content (AvgIpc) is 2.75. The molecule has 8 heteroatoms. The normalized spacial score (nSPS) is 11.6. The van der Waals surface area contributed by atoms with Crippen molar-refractivity contribution in [3.63, 3.8) is 0 Å². The van der Waals surface area contributed by atoms with Crippen molar-refractivity contribution in [2.45, 2.75) is 36.3 Å². The van der Waals surface area contributed by atoms with E-state index in [1.54, 1.807) is 12.1 Å². The van der Waals surface area contributed by atoms with Gasteiger partial charge in [0, 0.05) is 13.0 Å². The van der Waals surface area contributed by atoms with E-state index in [1.165, 1.54) is 11.3 Å². The first-order chi connectivity index (χ1) is 8.92. The van der Waals surface area contributed by atoms with E-state index < -0.39 is 16.0 Å². The van der Waals surface area contributed by atoms with Gasteiger partial charge in [0.2, 0.25) is 10.0 Å². The van der Waals surface area contributed by atoms with Crippen LogP contribution in [0.2, 0.25) is 0 Å². The number of hydrogen-bond donors (Lipinski definition) is 2. The van der Waals surface area contributed by atoms with Crippen molar-refractivity contribution in [2.75, 3.05) is 6.54 Å². The minimum atomic E-state index is -3.40. The van der Waals surface area contributed by atoms with Crippen LogP contribution in [0.3, 0.4) is 0 Å². The van der Waals surface area contributed by atoms with E-state index in [0.717, 1.165) is 16.6 Å². The topological polar surface area (TPSA) is 83.5 Å². The highest BCUT2D eigenvalue weighted by molar-refractivity contribution is 9.11. The molecule has 0 radical (unpaired) electrons. The summed E-state index contributed by atoms with van der Waals surface area (Å²) in [7, 11) is -3.40. The number of nitrogens with one attached hydrogen (secondary N) is 1. The van der Waals surface area contributed by atoms with Crippen molar-refractivity contribution in [2.24, 2.45) is 0 Å². The van der Waals surface area contributed by atoms with E-state index in [9.17, 15) is 13.2 Å². The Morgan fingerprint density at radius 1 is 1.26 bits per heavy atom. The van der Waals surface area contributed by atoms with Gasteiger partial charge in [0.15, 0.2) is 0 Å². The quantitative estimate of drug-likeness (QED) is 0.655. The Labute approximate surface area is 125 Å². The van der Waals surface area contributed by atoms with Crippen LogP contribution in [0.15, 0.2) is 20.1 Å². The van der Waals surface area contributed by atoms with E-state index in [-0.39, 0.29) is 6.42 Å². The molecule has 0 saturated heterocycles. The average molecular weight is 370 g/mol. The molecular weight excluding hydrogens is 354 g/mol. The number of thiophene rings is 1. The van der Waals surface area contributed by atoms with Gasteiger partial charge in [-0.2, -0.15) is 0 Å². The van der Waals surface area contributed by atoms with Crippen LogP contribution in [0.25, 0.3) is 0 Å². The Bertz CT molecular complexity index is 513. The Balaban J connectivity index is 2.20. The number of carbonyl (C=O) groups is 1. The largest absolute Gasteiger partial charge is 0.481 e. The van der Waals surface area contributed by atoms with Crippen molar-refractivity contribution < 1.29 is 18.3 Å². The van der Waals surface area contributed by atoms with Crippen molar-refractivity contribution in [3.05, 3.63) is 15.9 Å². The first kappa shape index (κ1) is 16.6. The van der Waals surface area contributed by atoms with Crippen molar-refractivity contribution in [1.82, 2.24) is 4.72 Å². The van der Waals surface area contributed by atoms with Crippen LogP contribution in [0.1, 0.15) is 32.1 Å². The zero-order valence-electron chi connectivity index (χ0n) is 10.3. The number of rotatable bonds is 9. The molecule has 0 aliphatic rings. The van der Waals surface area contributed by atoms with Gasteiger partial charge in [-0.25, -0.2) is 13.1 Å². The molecule has 0 spiro atoms.